The molecule has 0 aliphatic carbocycles. The molecule has 140 valence electrons. The fourth-order valence-corrected chi connectivity index (χ4v) is 3.79. The summed E-state index contributed by atoms with van der Waals surface area (Å²) in [7, 11) is 1.91. The minimum absolute atomic E-state index is 0.113. The van der Waals surface area contributed by atoms with Crippen LogP contribution >= 0.6 is 23.2 Å². The van der Waals surface area contributed by atoms with E-state index in [9.17, 15) is 5.11 Å². The predicted octanol–water partition coefficient (Wildman–Crippen LogP) is 5.87. The molecule has 0 bridgehead atoms. The maximum absolute atomic E-state index is 11.1. The van der Waals surface area contributed by atoms with Gasteiger partial charge in [0.2, 0.25) is 0 Å². The molecule has 6 heteroatoms. The Balaban J connectivity index is 1.96. The van der Waals surface area contributed by atoms with Crippen molar-refractivity contribution in [3.63, 3.8) is 0 Å². The van der Waals surface area contributed by atoms with Gasteiger partial charge in [-0.25, -0.2) is 4.98 Å². The van der Waals surface area contributed by atoms with Crippen LogP contribution in [0.15, 0.2) is 73.1 Å². The summed E-state index contributed by atoms with van der Waals surface area (Å²) in [5.74, 6) is 0.853. The van der Waals surface area contributed by atoms with E-state index in [1.165, 1.54) is 0 Å². The minimum Gasteiger partial charge on any atom is -0.505 e. The lowest BCUT2D eigenvalue weighted by atomic mass is 9.95. The number of aromatic hydroxyl groups is 1. The SMILES string of the molecule is CN(c1ccccn1)C(c1cccc(Cl)c1Cl)c1ccc2cccnc2c1O. The highest BCUT2D eigenvalue weighted by Crippen LogP contribution is 2.42. The molecule has 28 heavy (non-hydrogen) atoms. The van der Waals surface area contributed by atoms with Crippen LogP contribution in [-0.2, 0) is 0 Å². The maximum Gasteiger partial charge on any atom is 0.147 e. The molecular weight excluding hydrogens is 393 g/mol. The van der Waals surface area contributed by atoms with Gasteiger partial charge in [-0.05, 0) is 29.8 Å². The van der Waals surface area contributed by atoms with E-state index in [2.05, 4.69) is 9.97 Å². The van der Waals surface area contributed by atoms with Crippen molar-refractivity contribution < 1.29 is 5.11 Å². The number of rotatable bonds is 4. The third-order valence-corrected chi connectivity index (χ3v) is 5.58. The Hall–Kier alpha value is -2.82. The molecule has 0 saturated carbocycles. The largest absolute Gasteiger partial charge is 0.505 e. The predicted molar refractivity (Wildman–Crippen MR) is 114 cm³/mol. The van der Waals surface area contributed by atoms with Crippen molar-refractivity contribution in [3.05, 3.63) is 94.2 Å². The molecule has 1 N–H and O–H groups in total. The van der Waals surface area contributed by atoms with Crippen LogP contribution in [0, 0.1) is 0 Å². The van der Waals surface area contributed by atoms with Gasteiger partial charge in [-0.15, -0.1) is 0 Å². The molecule has 1 atom stereocenters. The van der Waals surface area contributed by atoms with E-state index in [1.54, 1.807) is 18.5 Å². The number of hydrogen-bond acceptors (Lipinski definition) is 4. The molecule has 0 radical (unpaired) electrons. The molecule has 0 aliphatic rings. The Labute approximate surface area is 173 Å². The quantitative estimate of drug-likeness (QED) is 0.457. The molecule has 4 nitrogen and oxygen atoms in total. The third-order valence-electron chi connectivity index (χ3n) is 4.75. The number of fused-ring (bicyclic) bond motifs is 1. The number of aromatic nitrogens is 2. The van der Waals surface area contributed by atoms with Gasteiger partial charge in [-0.1, -0.05) is 59.6 Å². The second-order valence-corrected chi connectivity index (χ2v) is 7.21. The van der Waals surface area contributed by atoms with Gasteiger partial charge < -0.3 is 10.0 Å². The van der Waals surface area contributed by atoms with Crippen LogP contribution in [0.5, 0.6) is 5.75 Å². The first-order valence-electron chi connectivity index (χ1n) is 8.72. The Morgan fingerprint density at radius 2 is 1.68 bits per heavy atom. The van der Waals surface area contributed by atoms with Gasteiger partial charge in [-0.3, -0.25) is 4.98 Å². The van der Waals surface area contributed by atoms with E-state index in [0.717, 1.165) is 16.8 Å². The average Bonchev–Trinajstić information content (AvgIpc) is 2.73. The molecule has 0 saturated heterocycles. The van der Waals surface area contributed by atoms with Crippen molar-refractivity contribution >= 4 is 39.9 Å². The molecule has 0 spiro atoms. The zero-order chi connectivity index (χ0) is 19.7. The van der Waals surface area contributed by atoms with E-state index in [4.69, 9.17) is 23.2 Å². The lowest BCUT2D eigenvalue weighted by Crippen LogP contribution is -2.26. The number of nitrogens with zero attached hydrogens (tertiary/aromatic N) is 3. The summed E-state index contributed by atoms with van der Waals surface area (Å²) in [5, 5.41) is 12.8. The van der Waals surface area contributed by atoms with Crippen molar-refractivity contribution in [2.24, 2.45) is 0 Å². The van der Waals surface area contributed by atoms with Gasteiger partial charge in [0, 0.05) is 30.4 Å². The smallest absolute Gasteiger partial charge is 0.147 e. The summed E-state index contributed by atoms with van der Waals surface area (Å²) in [6.45, 7) is 0. The number of anilines is 1. The van der Waals surface area contributed by atoms with Crippen molar-refractivity contribution in [3.8, 4) is 5.75 Å². The number of halogens is 2. The summed E-state index contributed by atoms with van der Waals surface area (Å²) >= 11 is 12.9. The second kappa shape index (κ2) is 7.66. The Kier molecular flexibility index (Phi) is 5.07. The molecule has 2 aromatic heterocycles. The van der Waals surface area contributed by atoms with E-state index in [1.807, 2.05) is 66.5 Å². The Morgan fingerprint density at radius 1 is 0.857 bits per heavy atom. The number of phenols is 1. The summed E-state index contributed by atoms with van der Waals surface area (Å²) in [6.07, 6.45) is 3.39. The normalized spacial score (nSPS) is 12.1. The summed E-state index contributed by atoms with van der Waals surface area (Å²) in [6, 6.07) is 18.3. The lowest BCUT2D eigenvalue weighted by molar-refractivity contribution is 0.469. The minimum atomic E-state index is -0.410. The molecule has 2 heterocycles. The molecule has 0 amide bonds. The third kappa shape index (κ3) is 3.26. The standard InChI is InChI=1S/C22H17Cl2N3O/c1-27(18-9-2-3-12-25-18)21(15-7-4-8-17(23)19(15)24)16-11-10-14-6-5-13-26-20(14)22(16)28/h2-13,21,28H,1H3. The first-order valence-corrected chi connectivity index (χ1v) is 9.48. The van der Waals surface area contributed by atoms with Crippen LogP contribution in [0.3, 0.4) is 0 Å². The van der Waals surface area contributed by atoms with Crippen molar-refractivity contribution in [1.29, 1.82) is 0 Å². The van der Waals surface area contributed by atoms with Crippen LogP contribution in [0.2, 0.25) is 10.0 Å². The van der Waals surface area contributed by atoms with Gasteiger partial charge in [-0.2, -0.15) is 0 Å². The van der Waals surface area contributed by atoms with Crippen molar-refractivity contribution in [2.45, 2.75) is 6.04 Å². The number of phenolic OH excluding ortho intramolecular Hbond substituents is 1. The van der Waals surface area contributed by atoms with Gasteiger partial charge in [0.25, 0.3) is 0 Å². The average molecular weight is 410 g/mol. The van der Waals surface area contributed by atoms with Gasteiger partial charge in [0.15, 0.2) is 0 Å². The van der Waals surface area contributed by atoms with E-state index in [0.29, 0.717) is 21.1 Å². The van der Waals surface area contributed by atoms with Crippen LogP contribution in [-0.4, -0.2) is 22.1 Å². The maximum atomic E-state index is 11.1. The first-order chi connectivity index (χ1) is 13.6. The highest BCUT2D eigenvalue weighted by molar-refractivity contribution is 6.42. The van der Waals surface area contributed by atoms with Gasteiger partial charge in [0.05, 0.1) is 16.1 Å². The zero-order valence-electron chi connectivity index (χ0n) is 15.1. The second-order valence-electron chi connectivity index (χ2n) is 6.42. The van der Waals surface area contributed by atoms with E-state index >= 15 is 0 Å². The van der Waals surface area contributed by atoms with Gasteiger partial charge in [0.1, 0.15) is 17.1 Å². The van der Waals surface area contributed by atoms with E-state index < -0.39 is 6.04 Å². The number of hydrogen-bond donors (Lipinski definition) is 1. The topological polar surface area (TPSA) is 49.2 Å². The zero-order valence-corrected chi connectivity index (χ0v) is 16.6. The van der Waals surface area contributed by atoms with Gasteiger partial charge >= 0.3 is 0 Å². The molecule has 2 aromatic carbocycles. The number of benzene rings is 2. The molecule has 0 aliphatic heterocycles. The van der Waals surface area contributed by atoms with Crippen molar-refractivity contribution in [1.82, 2.24) is 9.97 Å². The molecule has 4 rings (SSSR count). The highest BCUT2D eigenvalue weighted by Gasteiger charge is 2.27. The molecule has 0 fully saturated rings. The highest BCUT2D eigenvalue weighted by atomic mass is 35.5. The van der Waals surface area contributed by atoms with Crippen LogP contribution < -0.4 is 4.90 Å². The van der Waals surface area contributed by atoms with Crippen LogP contribution in [0.4, 0.5) is 5.82 Å². The Bertz CT molecular complexity index is 1140. The summed E-state index contributed by atoms with van der Waals surface area (Å²) in [5.41, 5.74) is 1.98. The Morgan fingerprint density at radius 3 is 2.46 bits per heavy atom. The summed E-state index contributed by atoms with van der Waals surface area (Å²) < 4.78 is 0. The molecule has 4 aromatic rings. The van der Waals surface area contributed by atoms with Crippen LogP contribution in [0.1, 0.15) is 17.2 Å². The fraction of sp³-hybridized carbons (Fsp3) is 0.0909. The number of pyridine rings is 2. The fourth-order valence-electron chi connectivity index (χ4n) is 3.38. The summed E-state index contributed by atoms with van der Waals surface area (Å²) in [4.78, 5) is 10.8. The molecular formula is C22H17Cl2N3O. The lowest BCUT2D eigenvalue weighted by Gasteiger charge is -2.31. The monoisotopic (exact) mass is 409 g/mol. The van der Waals surface area contributed by atoms with Crippen LogP contribution in [0.25, 0.3) is 10.9 Å². The van der Waals surface area contributed by atoms with E-state index in [-0.39, 0.29) is 5.75 Å². The van der Waals surface area contributed by atoms with Crippen molar-refractivity contribution in [2.75, 3.05) is 11.9 Å². The first kappa shape index (κ1) is 18.5. The molecule has 1 unspecified atom stereocenters.